The Morgan fingerprint density at radius 3 is 2.74 bits per heavy atom. The molecule has 0 spiro atoms. The molecule has 2 heteroatoms. The minimum atomic E-state index is 0.790. The van der Waals surface area contributed by atoms with E-state index in [1.165, 1.54) is 62.9 Å². The quantitative estimate of drug-likeness (QED) is 0.728. The van der Waals surface area contributed by atoms with E-state index in [4.69, 9.17) is 0 Å². The second-order valence-corrected chi connectivity index (χ2v) is 5.75. The van der Waals surface area contributed by atoms with Crippen LogP contribution in [0.3, 0.4) is 0 Å². The minimum absolute atomic E-state index is 0.790. The Labute approximate surface area is 118 Å². The lowest BCUT2D eigenvalue weighted by molar-refractivity contribution is 0.393. The molecule has 1 fully saturated rings. The predicted molar refractivity (Wildman–Crippen MR) is 83.8 cm³/mol. The van der Waals surface area contributed by atoms with Crippen molar-refractivity contribution in [1.82, 2.24) is 5.32 Å². The van der Waals surface area contributed by atoms with E-state index in [-0.39, 0.29) is 0 Å². The zero-order valence-corrected chi connectivity index (χ0v) is 12.3. The number of unbranched alkanes of at least 4 members (excludes halogenated alkanes) is 2. The van der Waals surface area contributed by atoms with Crippen LogP contribution >= 0.6 is 0 Å². The van der Waals surface area contributed by atoms with Gasteiger partial charge in [0, 0.05) is 12.2 Å². The highest BCUT2D eigenvalue weighted by Gasteiger charge is 2.11. The predicted octanol–water partition coefficient (Wildman–Crippen LogP) is 3.83. The molecule has 2 rings (SSSR count). The number of nitrogens with one attached hydrogen (secondary N) is 2. The van der Waals surface area contributed by atoms with Gasteiger partial charge in [0.15, 0.2) is 0 Å². The second kappa shape index (κ2) is 8.21. The number of hydrogen-bond donors (Lipinski definition) is 2. The largest absolute Gasteiger partial charge is 0.385 e. The van der Waals surface area contributed by atoms with Crippen LogP contribution in [0.4, 0.5) is 5.69 Å². The molecule has 1 atom stereocenters. The number of hydrogen-bond acceptors (Lipinski definition) is 2. The van der Waals surface area contributed by atoms with Crippen LogP contribution in [0.15, 0.2) is 24.3 Å². The van der Waals surface area contributed by atoms with Gasteiger partial charge in [-0.05, 0) is 62.4 Å². The van der Waals surface area contributed by atoms with Gasteiger partial charge < -0.3 is 10.6 Å². The van der Waals surface area contributed by atoms with Crippen LogP contribution in [-0.4, -0.2) is 19.6 Å². The molecule has 1 aromatic rings. The van der Waals surface area contributed by atoms with Crippen molar-refractivity contribution in [3.63, 3.8) is 0 Å². The van der Waals surface area contributed by atoms with Crippen LogP contribution in [0.2, 0.25) is 0 Å². The van der Waals surface area contributed by atoms with E-state index in [0.717, 1.165) is 12.5 Å². The first-order valence-electron chi connectivity index (χ1n) is 7.92. The molecule has 0 bridgehead atoms. The molecule has 0 radical (unpaired) electrons. The van der Waals surface area contributed by atoms with E-state index in [1.807, 2.05) is 0 Å². The van der Waals surface area contributed by atoms with Gasteiger partial charge in [0.05, 0.1) is 0 Å². The maximum atomic E-state index is 3.57. The van der Waals surface area contributed by atoms with Gasteiger partial charge in [-0.2, -0.15) is 0 Å². The zero-order chi connectivity index (χ0) is 13.3. The number of rotatable bonds is 7. The van der Waals surface area contributed by atoms with Gasteiger partial charge in [-0.25, -0.2) is 0 Å². The maximum Gasteiger partial charge on any atom is 0.0340 e. The smallest absolute Gasteiger partial charge is 0.0340 e. The summed E-state index contributed by atoms with van der Waals surface area (Å²) in [6.07, 6.45) is 7.86. The molecule has 1 aliphatic heterocycles. The van der Waals surface area contributed by atoms with Crippen LogP contribution in [0.25, 0.3) is 0 Å². The Hall–Kier alpha value is -1.02. The molecular weight excluding hydrogens is 232 g/mol. The summed E-state index contributed by atoms with van der Waals surface area (Å²) in [7, 11) is 0. The molecule has 106 valence electrons. The standard InChI is InChI=1S/C17H28N2/c1-2-3-4-6-15-8-10-17(11-9-15)19-14-16-7-5-12-18-13-16/h8-11,16,18-19H,2-7,12-14H2,1H3. The first-order chi connectivity index (χ1) is 9.38. The molecule has 0 aromatic heterocycles. The van der Waals surface area contributed by atoms with Gasteiger partial charge in [-0.1, -0.05) is 31.9 Å². The Morgan fingerprint density at radius 2 is 2.05 bits per heavy atom. The van der Waals surface area contributed by atoms with Gasteiger partial charge in [0.25, 0.3) is 0 Å². The molecule has 1 unspecified atom stereocenters. The van der Waals surface area contributed by atoms with Crippen molar-refractivity contribution in [3.05, 3.63) is 29.8 Å². The zero-order valence-electron chi connectivity index (χ0n) is 12.3. The third kappa shape index (κ3) is 5.23. The molecule has 0 aliphatic carbocycles. The third-order valence-corrected chi connectivity index (χ3v) is 4.02. The normalized spacial score (nSPS) is 19.3. The molecule has 19 heavy (non-hydrogen) atoms. The topological polar surface area (TPSA) is 24.1 Å². The molecule has 2 N–H and O–H groups in total. The van der Waals surface area contributed by atoms with Crippen LogP contribution in [0, 0.1) is 5.92 Å². The van der Waals surface area contributed by atoms with Crippen LogP contribution in [0.5, 0.6) is 0 Å². The van der Waals surface area contributed by atoms with E-state index < -0.39 is 0 Å². The average molecular weight is 260 g/mol. The van der Waals surface area contributed by atoms with Crippen LogP contribution < -0.4 is 10.6 Å². The third-order valence-electron chi connectivity index (χ3n) is 4.02. The van der Waals surface area contributed by atoms with Gasteiger partial charge in [-0.15, -0.1) is 0 Å². The fraction of sp³-hybridized carbons (Fsp3) is 0.647. The van der Waals surface area contributed by atoms with E-state index >= 15 is 0 Å². The Kier molecular flexibility index (Phi) is 6.22. The van der Waals surface area contributed by atoms with E-state index in [0.29, 0.717) is 0 Å². The first kappa shape index (κ1) is 14.4. The first-order valence-corrected chi connectivity index (χ1v) is 7.92. The van der Waals surface area contributed by atoms with Crippen molar-refractivity contribution in [3.8, 4) is 0 Å². The molecule has 1 saturated heterocycles. The highest BCUT2D eigenvalue weighted by molar-refractivity contribution is 5.44. The summed E-state index contributed by atoms with van der Waals surface area (Å²) in [6, 6.07) is 9.02. The van der Waals surface area contributed by atoms with Crippen LogP contribution in [-0.2, 0) is 6.42 Å². The summed E-state index contributed by atoms with van der Waals surface area (Å²) in [5.74, 6) is 0.790. The lowest BCUT2D eigenvalue weighted by Gasteiger charge is -2.23. The monoisotopic (exact) mass is 260 g/mol. The second-order valence-electron chi connectivity index (χ2n) is 5.75. The van der Waals surface area contributed by atoms with E-state index in [2.05, 4.69) is 41.8 Å². The number of piperidine rings is 1. The minimum Gasteiger partial charge on any atom is -0.385 e. The SMILES string of the molecule is CCCCCc1ccc(NCC2CCCNC2)cc1. The molecule has 0 amide bonds. The van der Waals surface area contributed by atoms with Crippen molar-refractivity contribution in [2.45, 2.75) is 45.4 Å². The van der Waals surface area contributed by atoms with E-state index in [9.17, 15) is 0 Å². The van der Waals surface area contributed by atoms with Crippen molar-refractivity contribution in [2.75, 3.05) is 25.0 Å². The summed E-state index contributed by atoms with van der Waals surface area (Å²) in [5, 5.41) is 7.04. The highest BCUT2D eigenvalue weighted by atomic mass is 14.9. The summed E-state index contributed by atoms with van der Waals surface area (Å²) >= 11 is 0. The van der Waals surface area contributed by atoms with Crippen molar-refractivity contribution in [1.29, 1.82) is 0 Å². The van der Waals surface area contributed by atoms with Gasteiger partial charge >= 0.3 is 0 Å². The summed E-state index contributed by atoms with van der Waals surface area (Å²) in [4.78, 5) is 0. The number of aryl methyl sites for hydroxylation is 1. The number of anilines is 1. The van der Waals surface area contributed by atoms with Crippen molar-refractivity contribution >= 4 is 5.69 Å². The molecule has 1 aromatic carbocycles. The van der Waals surface area contributed by atoms with Gasteiger partial charge in [0.1, 0.15) is 0 Å². The molecule has 2 nitrogen and oxygen atoms in total. The fourth-order valence-corrected chi connectivity index (χ4v) is 2.73. The molecular formula is C17H28N2. The van der Waals surface area contributed by atoms with Crippen molar-refractivity contribution < 1.29 is 0 Å². The highest BCUT2D eigenvalue weighted by Crippen LogP contribution is 2.15. The Morgan fingerprint density at radius 1 is 1.21 bits per heavy atom. The summed E-state index contributed by atoms with van der Waals surface area (Å²) < 4.78 is 0. The Bertz CT molecular complexity index is 339. The summed E-state index contributed by atoms with van der Waals surface area (Å²) in [5.41, 5.74) is 2.74. The average Bonchev–Trinajstić information content (AvgIpc) is 2.48. The maximum absolute atomic E-state index is 3.57. The molecule has 1 heterocycles. The lowest BCUT2D eigenvalue weighted by Crippen LogP contribution is -2.33. The summed E-state index contributed by atoms with van der Waals surface area (Å²) in [6.45, 7) is 5.72. The van der Waals surface area contributed by atoms with E-state index in [1.54, 1.807) is 0 Å². The van der Waals surface area contributed by atoms with Gasteiger partial charge in [-0.3, -0.25) is 0 Å². The fourth-order valence-electron chi connectivity index (χ4n) is 2.73. The van der Waals surface area contributed by atoms with Crippen molar-refractivity contribution in [2.24, 2.45) is 5.92 Å². The molecule has 1 aliphatic rings. The van der Waals surface area contributed by atoms with Gasteiger partial charge in [0.2, 0.25) is 0 Å². The molecule has 0 saturated carbocycles. The lowest BCUT2D eigenvalue weighted by atomic mass is 9.99. The van der Waals surface area contributed by atoms with Crippen LogP contribution in [0.1, 0.15) is 44.6 Å². The number of benzene rings is 1. The Balaban J connectivity index is 1.71.